The molecule has 0 aliphatic heterocycles. The highest BCUT2D eigenvalue weighted by molar-refractivity contribution is 7.25. The molecule has 0 saturated heterocycles. The van der Waals surface area contributed by atoms with Crippen LogP contribution in [-0.2, 0) is 0 Å². The first-order valence-electron chi connectivity index (χ1n) is 11.5. The van der Waals surface area contributed by atoms with Crippen molar-refractivity contribution in [2.24, 2.45) is 5.92 Å². The van der Waals surface area contributed by atoms with Crippen molar-refractivity contribution in [2.45, 2.75) is 20.3 Å². The lowest BCUT2D eigenvalue weighted by atomic mass is 9.92. The van der Waals surface area contributed by atoms with Gasteiger partial charge < -0.3 is 4.90 Å². The van der Waals surface area contributed by atoms with E-state index in [1.54, 1.807) is 0 Å². The minimum Gasteiger partial charge on any atom is -0.374 e. The molecule has 1 heterocycles. The molecule has 158 valence electrons. The molecule has 32 heavy (non-hydrogen) atoms. The van der Waals surface area contributed by atoms with Crippen molar-refractivity contribution in [3.8, 4) is 0 Å². The topological polar surface area (TPSA) is 3.24 Å². The molecule has 0 bridgehead atoms. The highest BCUT2D eigenvalue weighted by Gasteiger charge is 2.16. The molecule has 0 N–H and O–H groups in total. The van der Waals surface area contributed by atoms with Crippen LogP contribution in [0.3, 0.4) is 0 Å². The zero-order valence-electron chi connectivity index (χ0n) is 18.9. The molecule has 0 fully saturated rings. The number of anilines is 1. The second kappa shape index (κ2) is 7.50. The van der Waals surface area contributed by atoms with Crippen LogP contribution in [0.15, 0.2) is 78.9 Å². The maximum absolute atomic E-state index is 2.45. The van der Waals surface area contributed by atoms with E-state index >= 15 is 0 Å². The van der Waals surface area contributed by atoms with Gasteiger partial charge in [0.1, 0.15) is 0 Å². The van der Waals surface area contributed by atoms with Crippen molar-refractivity contribution in [3.63, 3.8) is 0 Å². The third kappa shape index (κ3) is 2.90. The van der Waals surface area contributed by atoms with Crippen molar-refractivity contribution >= 4 is 69.5 Å². The third-order valence-electron chi connectivity index (χ3n) is 7.03. The van der Waals surface area contributed by atoms with E-state index in [0.717, 1.165) is 6.54 Å². The fourth-order valence-corrected chi connectivity index (χ4v) is 6.34. The van der Waals surface area contributed by atoms with E-state index in [-0.39, 0.29) is 0 Å². The van der Waals surface area contributed by atoms with E-state index in [1.165, 1.54) is 64.6 Å². The van der Waals surface area contributed by atoms with E-state index in [0.29, 0.717) is 5.92 Å². The molecule has 1 aromatic heterocycles. The maximum atomic E-state index is 2.45. The van der Waals surface area contributed by atoms with Crippen molar-refractivity contribution in [3.05, 3.63) is 78.9 Å². The molecule has 1 unspecified atom stereocenters. The highest BCUT2D eigenvalue weighted by atomic mass is 32.1. The molecule has 1 atom stereocenters. The van der Waals surface area contributed by atoms with Gasteiger partial charge in [0.2, 0.25) is 0 Å². The number of thiophene rings is 1. The van der Waals surface area contributed by atoms with Gasteiger partial charge in [0.05, 0.1) is 0 Å². The summed E-state index contributed by atoms with van der Waals surface area (Å²) in [4.78, 5) is 2.45. The number of rotatable bonds is 4. The third-order valence-corrected chi connectivity index (χ3v) is 8.16. The quantitative estimate of drug-likeness (QED) is 0.251. The van der Waals surface area contributed by atoms with Crippen molar-refractivity contribution < 1.29 is 0 Å². The van der Waals surface area contributed by atoms with Gasteiger partial charge in [-0.3, -0.25) is 0 Å². The fraction of sp³-hybridized carbons (Fsp3) is 0.200. The number of benzene rings is 5. The smallest absolute Gasteiger partial charge is 0.0449 e. The summed E-state index contributed by atoms with van der Waals surface area (Å²) in [6.07, 6.45) is 1.20. The first-order chi connectivity index (χ1) is 15.7. The summed E-state index contributed by atoms with van der Waals surface area (Å²) >= 11 is 1.90. The Bertz CT molecular complexity index is 1620. The fourth-order valence-electron chi connectivity index (χ4n) is 5.21. The molecule has 0 aliphatic rings. The van der Waals surface area contributed by atoms with E-state index in [4.69, 9.17) is 0 Å². The van der Waals surface area contributed by atoms with Crippen LogP contribution in [0.4, 0.5) is 5.69 Å². The summed E-state index contributed by atoms with van der Waals surface area (Å²) in [7, 11) is 2.25. The molecule has 0 amide bonds. The van der Waals surface area contributed by atoms with E-state index in [2.05, 4.69) is 105 Å². The summed E-state index contributed by atoms with van der Waals surface area (Å²) < 4.78 is 2.73. The summed E-state index contributed by atoms with van der Waals surface area (Å²) in [6.45, 7) is 5.69. The molecular weight excluding hydrogens is 406 g/mol. The summed E-state index contributed by atoms with van der Waals surface area (Å²) in [6, 6.07) is 29.4. The zero-order valence-corrected chi connectivity index (χ0v) is 19.7. The van der Waals surface area contributed by atoms with Gasteiger partial charge in [0.25, 0.3) is 0 Å². The minimum atomic E-state index is 0.666. The van der Waals surface area contributed by atoms with Crippen molar-refractivity contribution in [1.82, 2.24) is 0 Å². The molecule has 5 aromatic carbocycles. The van der Waals surface area contributed by atoms with Gasteiger partial charge in [0, 0.05) is 44.8 Å². The van der Waals surface area contributed by atoms with Crippen LogP contribution in [0.5, 0.6) is 0 Å². The normalized spacial score (nSPS) is 13.0. The summed E-state index contributed by atoms with van der Waals surface area (Å²) in [5.74, 6) is 0.666. The van der Waals surface area contributed by atoms with E-state index < -0.39 is 0 Å². The van der Waals surface area contributed by atoms with Gasteiger partial charge in [-0.15, -0.1) is 11.3 Å². The Kier molecular flexibility index (Phi) is 4.58. The molecule has 2 heteroatoms. The lowest BCUT2D eigenvalue weighted by molar-refractivity contribution is 0.560. The van der Waals surface area contributed by atoms with Gasteiger partial charge in [-0.25, -0.2) is 0 Å². The predicted octanol–water partition coefficient (Wildman–Crippen LogP) is 9.00. The monoisotopic (exact) mass is 433 g/mol. The van der Waals surface area contributed by atoms with Crippen LogP contribution in [-0.4, -0.2) is 13.6 Å². The van der Waals surface area contributed by atoms with Crippen LogP contribution in [0.2, 0.25) is 0 Å². The Morgan fingerprint density at radius 2 is 1.34 bits per heavy atom. The van der Waals surface area contributed by atoms with Gasteiger partial charge in [-0.05, 0) is 57.1 Å². The van der Waals surface area contributed by atoms with Crippen LogP contribution in [0, 0.1) is 5.92 Å². The van der Waals surface area contributed by atoms with Gasteiger partial charge >= 0.3 is 0 Å². The predicted molar refractivity (Wildman–Crippen MR) is 145 cm³/mol. The molecule has 0 spiro atoms. The van der Waals surface area contributed by atoms with Crippen molar-refractivity contribution in [1.29, 1.82) is 0 Å². The Morgan fingerprint density at radius 3 is 2.16 bits per heavy atom. The molecule has 0 aliphatic carbocycles. The Labute approximate surface area is 192 Å². The lowest BCUT2D eigenvalue weighted by Crippen LogP contribution is -2.23. The van der Waals surface area contributed by atoms with Gasteiger partial charge in [-0.1, -0.05) is 74.9 Å². The minimum absolute atomic E-state index is 0.666. The first-order valence-corrected chi connectivity index (χ1v) is 12.4. The standard InChI is InChI=1S/C30H27NS/c1-4-19(2)18-31(3)27-14-9-13-23-24-16-26-21-11-7-8-15-28(21)32-29(26)17-25(24)20-10-5-6-12-22(20)30(23)27/h5-17,19H,4,18H2,1-3H3. The second-order valence-electron chi connectivity index (χ2n) is 9.13. The second-order valence-corrected chi connectivity index (χ2v) is 10.2. The maximum Gasteiger partial charge on any atom is 0.0449 e. The molecule has 6 rings (SSSR count). The average Bonchev–Trinajstić information content (AvgIpc) is 3.20. The summed E-state index contributed by atoms with van der Waals surface area (Å²) in [5, 5.41) is 10.9. The summed E-state index contributed by atoms with van der Waals surface area (Å²) in [5.41, 5.74) is 1.33. The number of nitrogens with zero attached hydrogens (tertiary/aromatic N) is 1. The Hall–Kier alpha value is -3.10. The largest absolute Gasteiger partial charge is 0.374 e. The van der Waals surface area contributed by atoms with Crippen LogP contribution in [0.1, 0.15) is 20.3 Å². The number of hydrogen-bond donors (Lipinski definition) is 0. The molecular formula is C30H27NS. The van der Waals surface area contributed by atoms with Crippen LogP contribution < -0.4 is 4.90 Å². The Balaban J connectivity index is 1.76. The van der Waals surface area contributed by atoms with Crippen LogP contribution >= 0.6 is 11.3 Å². The van der Waals surface area contributed by atoms with Crippen LogP contribution in [0.25, 0.3) is 52.5 Å². The first kappa shape index (κ1) is 19.6. The molecule has 6 aromatic rings. The lowest BCUT2D eigenvalue weighted by Gasteiger charge is -2.25. The Morgan fingerprint density at radius 1 is 0.688 bits per heavy atom. The molecule has 0 radical (unpaired) electrons. The van der Waals surface area contributed by atoms with Crippen molar-refractivity contribution in [2.75, 3.05) is 18.5 Å². The average molecular weight is 434 g/mol. The van der Waals surface area contributed by atoms with Gasteiger partial charge in [-0.2, -0.15) is 0 Å². The number of hydrogen-bond acceptors (Lipinski definition) is 2. The SMILES string of the molecule is CCC(C)CN(C)c1cccc2c3cc4c(cc3c3ccccc3c12)sc1ccccc14. The van der Waals surface area contributed by atoms with E-state index in [9.17, 15) is 0 Å². The molecule has 0 saturated carbocycles. The van der Waals surface area contributed by atoms with E-state index in [1.807, 2.05) is 11.3 Å². The molecule has 1 nitrogen and oxygen atoms in total. The number of fused-ring (bicyclic) bond motifs is 9. The highest BCUT2D eigenvalue weighted by Crippen LogP contribution is 2.43. The van der Waals surface area contributed by atoms with Gasteiger partial charge in [0.15, 0.2) is 0 Å². The zero-order chi connectivity index (χ0) is 21.8.